The van der Waals surface area contributed by atoms with E-state index in [0.717, 1.165) is 12.1 Å². The van der Waals surface area contributed by atoms with Crippen LogP contribution in [0.5, 0.6) is 11.5 Å². The van der Waals surface area contributed by atoms with Gasteiger partial charge >= 0.3 is 6.03 Å². The number of ether oxygens (including phenoxy) is 2. The Kier molecular flexibility index (Phi) is 6.68. The second kappa shape index (κ2) is 8.96. The van der Waals surface area contributed by atoms with Crippen LogP contribution in [0.3, 0.4) is 0 Å². The van der Waals surface area contributed by atoms with E-state index in [1.807, 2.05) is 45.9 Å². The van der Waals surface area contributed by atoms with E-state index >= 15 is 0 Å². The molecule has 0 aliphatic rings. The molecule has 2 N–H and O–H groups in total. The van der Waals surface area contributed by atoms with Crippen LogP contribution < -0.4 is 20.1 Å². The zero-order valence-corrected chi connectivity index (χ0v) is 15.2. The van der Waals surface area contributed by atoms with Crippen LogP contribution >= 0.6 is 0 Å². The van der Waals surface area contributed by atoms with Crippen molar-refractivity contribution in [3.8, 4) is 11.5 Å². The first-order valence-corrected chi connectivity index (χ1v) is 8.56. The van der Waals surface area contributed by atoms with Gasteiger partial charge in [0.2, 0.25) is 0 Å². The molecule has 25 heavy (non-hydrogen) atoms. The van der Waals surface area contributed by atoms with Crippen LogP contribution in [-0.4, -0.2) is 29.0 Å². The summed E-state index contributed by atoms with van der Waals surface area (Å²) in [4.78, 5) is 12.2. The second-order valence-corrected chi connectivity index (χ2v) is 5.48. The lowest BCUT2D eigenvalue weighted by molar-refractivity contribution is 0.249. The number of hydrogen-bond acceptors (Lipinski definition) is 4. The molecule has 0 radical (unpaired) electrons. The molecular formula is C18H26N4O3. The first kappa shape index (κ1) is 18.6. The average Bonchev–Trinajstić information content (AvgIpc) is 3.04. The van der Waals surface area contributed by atoms with Crippen molar-refractivity contribution in [3.05, 3.63) is 36.2 Å². The fourth-order valence-corrected chi connectivity index (χ4v) is 2.39. The molecule has 0 aliphatic carbocycles. The number of nitrogens with zero attached hydrogens (tertiary/aromatic N) is 2. The van der Waals surface area contributed by atoms with Gasteiger partial charge < -0.3 is 20.1 Å². The highest BCUT2D eigenvalue weighted by atomic mass is 16.5. The van der Waals surface area contributed by atoms with Gasteiger partial charge in [0.25, 0.3) is 0 Å². The summed E-state index contributed by atoms with van der Waals surface area (Å²) in [5, 5.41) is 9.82. The Labute approximate surface area is 148 Å². The number of rotatable bonds is 8. The molecule has 0 spiro atoms. The van der Waals surface area contributed by atoms with Gasteiger partial charge in [0.05, 0.1) is 31.1 Å². The van der Waals surface area contributed by atoms with Gasteiger partial charge in [-0.3, -0.25) is 4.68 Å². The minimum Gasteiger partial charge on any atom is -0.490 e. The summed E-state index contributed by atoms with van der Waals surface area (Å²) in [5.74, 6) is 1.39. The number of carbonyl (C=O) groups is 1. The molecule has 7 heteroatoms. The molecule has 0 saturated heterocycles. The fourth-order valence-electron chi connectivity index (χ4n) is 2.39. The van der Waals surface area contributed by atoms with E-state index in [1.54, 1.807) is 17.1 Å². The number of anilines is 1. The van der Waals surface area contributed by atoms with E-state index in [0.29, 0.717) is 30.4 Å². The van der Waals surface area contributed by atoms with Gasteiger partial charge in [-0.15, -0.1) is 0 Å². The number of amides is 2. The van der Waals surface area contributed by atoms with Crippen molar-refractivity contribution < 1.29 is 14.3 Å². The standard InChI is InChI=1S/C18H26N4O3/c1-5-22-12-15(11-19-22)21-18(23)20-13(4)14-8-9-16(24-6-2)17(10-14)25-7-3/h8-13H,5-7H2,1-4H3,(H2,20,21,23)/t13-/m0/s1. The van der Waals surface area contributed by atoms with E-state index in [2.05, 4.69) is 15.7 Å². The molecule has 0 unspecified atom stereocenters. The number of aryl methyl sites for hydroxylation is 1. The third kappa shape index (κ3) is 5.14. The van der Waals surface area contributed by atoms with Crippen molar-refractivity contribution in [2.75, 3.05) is 18.5 Å². The quantitative estimate of drug-likeness (QED) is 0.766. The number of hydrogen-bond donors (Lipinski definition) is 2. The zero-order valence-electron chi connectivity index (χ0n) is 15.2. The van der Waals surface area contributed by atoms with Crippen molar-refractivity contribution in [1.82, 2.24) is 15.1 Å². The van der Waals surface area contributed by atoms with Gasteiger partial charge in [0.1, 0.15) is 0 Å². The van der Waals surface area contributed by atoms with Gasteiger partial charge in [0.15, 0.2) is 11.5 Å². The van der Waals surface area contributed by atoms with Crippen molar-refractivity contribution in [3.63, 3.8) is 0 Å². The molecule has 0 saturated carbocycles. The molecule has 2 rings (SSSR count). The molecule has 1 aromatic carbocycles. The van der Waals surface area contributed by atoms with Gasteiger partial charge in [-0.25, -0.2) is 4.79 Å². The summed E-state index contributed by atoms with van der Waals surface area (Å²) in [6.45, 7) is 9.63. The average molecular weight is 346 g/mol. The van der Waals surface area contributed by atoms with Crippen LogP contribution in [-0.2, 0) is 6.54 Å². The SMILES string of the molecule is CCOc1ccc([C@H](C)NC(=O)Nc2cnn(CC)c2)cc1OCC. The van der Waals surface area contributed by atoms with E-state index in [1.165, 1.54) is 0 Å². The number of benzene rings is 1. The maximum absolute atomic E-state index is 12.2. The van der Waals surface area contributed by atoms with E-state index in [-0.39, 0.29) is 12.1 Å². The van der Waals surface area contributed by atoms with Crippen LogP contribution in [0, 0.1) is 0 Å². The van der Waals surface area contributed by atoms with Crippen molar-refractivity contribution in [2.24, 2.45) is 0 Å². The van der Waals surface area contributed by atoms with E-state index in [4.69, 9.17) is 9.47 Å². The maximum atomic E-state index is 12.2. The van der Waals surface area contributed by atoms with Gasteiger partial charge in [-0.1, -0.05) is 6.07 Å². The highest BCUT2D eigenvalue weighted by Crippen LogP contribution is 2.30. The number of nitrogens with one attached hydrogen (secondary N) is 2. The topological polar surface area (TPSA) is 77.4 Å². The largest absolute Gasteiger partial charge is 0.490 e. The molecule has 136 valence electrons. The van der Waals surface area contributed by atoms with Crippen molar-refractivity contribution in [2.45, 2.75) is 40.3 Å². The summed E-state index contributed by atoms with van der Waals surface area (Å²) >= 11 is 0. The van der Waals surface area contributed by atoms with Crippen LogP contribution in [0.1, 0.15) is 39.3 Å². The predicted molar refractivity (Wildman–Crippen MR) is 97.3 cm³/mol. The zero-order chi connectivity index (χ0) is 18.2. The molecule has 2 amide bonds. The Balaban J connectivity index is 2.02. The Bertz CT molecular complexity index is 699. The smallest absolute Gasteiger partial charge is 0.319 e. The van der Waals surface area contributed by atoms with Crippen LogP contribution in [0.15, 0.2) is 30.6 Å². The number of carbonyl (C=O) groups excluding carboxylic acids is 1. The van der Waals surface area contributed by atoms with E-state index < -0.39 is 0 Å². The minimum absolute atomic E-state index is 0.184. The first-order valence-electron chi connectivity index (χ1n) is 8.56. The minimum atomic E-state index is -0.282. The van der Waals surface area contributed by atoms with E-state index in [9.17, 15) is 4.79 Å². The second-order valence-electron chi connectivity index (χ2n) is 5.48. The Hall–Kier alpha value is -2.70. The lowest BCUT2D eigenvalue weighted by atomic mass is 10.1. The Morgan fingerprint density at radius 3 is 2.56 bits per heavy atom. The monoisotopic (exact) mass is 346 g/mol. The normalized spacial score (nSPS) is 11.7. The molecule has 2 aromatic rings. The summed E-state index contributed by atoms with van der Waals surface area (Å²) in [7, 11) is 0. The lowest BCUT2D eigenvalue weighted by Crippen LogP contribution is -2.31. The van der Waals surface area contributed by atoms with Crippen LogP contribution in [0.2, 0.25) is 0 Å². The molecule has 1 aromatic heterocycles. The molecular weight excluding hydrogens is 320 g/mol. The molecule has 0 aliphatic heterocycles. The third-order valence-electron chi connectivity index (χ3n) is 3.63. The Morgan fingerprint density at radius 2 is 1.92 bits per heavy atom. The molecule has 7 nitrogen and oxygen atoms in total. The highest BCUT2D eigenvalue weighted by molar-refractivity contribution is 5.89. The van der Waals surface area contributed by atoms with Crippen LogP contribution in [0.25, 0.3) is 0 Å². The maximum Gasteiger partial charge on any atom is 0.319 e. The predicted octanol–water partition coefficient (Wildman–Crippen LogP) is 3.58. The summed E-state index contributed by atoms with van der Waals surface area (Å²) < 4.78 is 12.9. The van der Waals surface area contributed by atoms with Crippen molar-refractivity contribution in [1.29, 1.82) is 0 Å². The van der Waals surface area contributed by atoms with Gasteiger partial charge in [-0.2, -0.15) is 5.10 Å². The summed E-state index contributed by atoms with van der Waals surface area (Å²) in [6.07, 6.45) is 3.41. The third-order valence-corrected chi connectivity index (χ3v) is 3.63. The molecule has 1 atom stereocenters. The van der Waals surface area contributed by atoms with Gasteiger partial charge in [-0.05, 0) is 45.4 Å². The molecule has 1 heterocycles. The Morgan fingerprint density at radius 1 is 1.20 bits per heavy atom. The molecule has 0 bridgehead atoms. The highest BCUT2D eigenvalue weighted by Gasteiger charge is 2.13. The molecule has 0 fully saturated rings. The summed E-state index contributed by atoms with van der Waals surface area (Å²) in [5.41, 5.74) is 1.60. The number of urea groups is 1. The van der Waals surface area contributed by atoms with Gasteiger partial charge in [0, 0.05) is 12.7 Å². The summed E-state index contributed by atoms with van der Waals surface area (Å²) in [6, 6.07) is 5.22. The van der Waals surface area contributed by atoms with Crippen LogP contribution in [0.4, 0.5) is 10.5 Å². The number of aromatic nitrogens is 2. The van der Waals surface area contributed by atoms with Crippen molar-refractivity contribution >= 4 is 11.7 Å². The fraction of sp³-hybridized carbons (Fsp3) is 0.444. The first-order chi connectivity index (χ1) is 12.1. The lowest BCUT2D eigenvalue weighted by Gasteiger charge is -2.17.